The Morgan fingerprint density at radius 3 is 2.12 bits per heavy atom. The summed E-state index contributed by atoms with van der Waals surface area (Å²) in [7, 11) is -3.67. The normalized spacial score (nSPS) is 12.2. The number of benzene rings is 1. The van der Waals surface area contributed by atoms with Crippen molar-refractivity contribution < 1.29 is 23.1 Å². The fourth-order valence-corrected chi connectivity index (χ4v) is 3.79. The highest BCUT2D eigenvalue weighted by molar-refractivity contribution is 7.89. The molecule has 0 saturated heterocycles. The van der Waals surface area contributed by atoms with Crippen LogP contribution in [0.15, 0.2) is 29.2 Å². The number of sulfonamides is 1. The summed E-state index contributed by atoms with van der Waals surface area (Å²) in [6.07, 6.45) is -0.138. The van der Waals surface area contributed by atoms with Gasteiger partial charge in [-0.25, -0.2) is 13.1 Å². The molecule has 0 bridgehead atoms. The average Bonchev–Trinajstić information content (AvgIpc) is 2.48. The van der Waals surface area contributed by atoms with Gasteiger partial charge in [-0.1, -0.05) is 13.8 Å². The molecule has 0 unspecified atom stereocenters. The van der Waals surface area contributed by atoms with E-state index in [9.17, 15) is 18.0 Å². The van der Waals surface area contributed by atoms with Crippen LogP contribution in [0.1, 0.15) is 51.4 Å². The van der Waals surface area contributed by atoms with Crippen LogP contribution in [0.25, 0.3) is 0 Å². The van der Waals surface area contributed by atoms with E-state index in [1.807, 2.05) is 13.8 Å². The van der Waals surface area contributed by atoms with Crippen molar-refractivity contribution in [3.63, 3.8) is 0 Å². The van der Waals surface area contributed by atoms with E-state index in [0.717, 1.165) is 0 Å². The van der Waals surface area contributed by atoms with Crippen LogP contribution in [0.3, 0.4) is 0 Å². The SMILES string of the molecule is CC(C)CN(CCC(=O)O)C(=O)c1ccc(S(=O)(=O)NC(C)(C)C)cc1. The minimum atomic E-state index is -3.67. The summed E-state index contributed by atoms with van der Waals surface area (Å²) in [4.78, 5) is 25.0. The van der Waals surface area contributed by atoms with E-state index >= 15 is 0 Å². The molecule has 8 heteroatoms. The third-order valence-corrected chi connectivity index (χ3v) is 5.09. The van der Waals surface area contributed by atoms with E-state index in [-0.39, 0.29) is 29.7 Å². The number of aliphatic carboxylic acids is 1. The van der Waals surface area contributed by atoms with Crippen LogP contribution in [0.4, 0.5) is 0 Å². The highest BCUT2D eigenvalue weighted by Crippen LogP contribution is 2.16. The summed E-state index contributed by atoms with van der Waals surface area (Å²) < 4.78 is 27.2. The summed E-state index contributed by atoms with van der Waals surface area (Å²) in [5, 5.41) is 8.86. The molecule has 0 fully saturated rings. The monoisotopic (exact) mass is 384 g/mol. The molecule has 0 atom stereocenters. The minimum Gasteiger partial charge on any atom is -0.481 e. The molecule has 0 radical (unpaired) electrons. The fourth-order valence-electron chi connectivity index (χ4n) is 2.37. The molecule has 0 aromatic heterocycles. The smallest absolute Gasteiger partial charge is 0.305 e. The first kappa shape index (κ1) is 22.1. The Labute approximate surface area is 155 Å². The van der Waals surface area contributed by atoms with Gasteiger partial charge in [-0.3, -0.25) is 9.59 Å². The van der Waals surface area contributed by atoms with E-state index in [1.54, 1.807) is 20.8 Å². The number of amides is 1. The zero-order chi connectivity index (χ0) is 20.1. The maximum Gasteiger partial charge on any atom is 0.305 e. The number of rotatable bonds is 8. The lowest BCUT2D eigenvalue weighted by atomic mass is 10.1. The zero-order valence-electron chi connectivity index (χ0n) is 15.9. The minimum absolute atomic E-state index is 0.0740. The van der Waals surface area contributed by atoms with Crippen molar-refractivity contribution in [2.24, 2.45) is 5.92 Å². The number of nitrogens with one attached hydrogen (secondary N) is 1. The van der Waals surface area contributed by atoms with Gasteiger partial charge < -0.3 is 10.0 Å². The molecule has 2 N–H and O–H groups in total. The first-order valence-corrected chi connectivity index (χ1v) is 9.95. The molecule has 1 aromatic carbocycles. The van der Waals surface area contributed by atoms with Crippen molar-refractivity contribution in [3.05, 3.63) is 29.8 Å². The maximum atomic E-state index is 12.7. The van der Waals surface area contributed by atoms with Crippen LogP contribution in [-0.2, 0) is 14.8 Å². The van der Waals surface area contributed by atoms with E-state index < -0.39 is 21.5 Å². The van der Waals surface area contributed by atoms with Crippen LogP contribution < -0.4 is 4.72 Å². The van der Waals surface area contributed by atoms with Gasteiger partial charge in [0.2, 0.25) is 10.0 Å². The largest absolute Gasteiger partial charge is 0.481 e. The second kappa shape index (κ2) is 8.64. The van der Waals surface area contributed by atoms with Gasteiger partial charge >= 0.3 is 5.97 Å². The van der Waals surface area contributed by atoms with Crippen molar-refractivity contribution in [2.45, 2.75) is 51.5 Å². The quantitative estimate of drug-likeness (QED) is 0.716. The van der Waals surface area contributed by atoms with Crippen molar-refractivity contribution in [3.8, 4) is 0 Å². The predicted molar refractivity (Wildman–Crippen MR) is 99.5 cm³/mol. The molecule has 146 valence electrons. The van der Waals surface area contributed by atoms with Crippen LogP contribution in [0, 0.1) is 5.92 Å². The molecule has 1 aromatic rings. The van der Waals surface area contributed by atoms with Crippen molar-refractivity contribution in [1.29, 1.82) is 0 Å². The number of nitrogens with zero attached hydrogens (tertiary/aromatic N) is 1. The van der Waals surface area contributed by atoms with Gasteiger partial charge in [0.15, 0.2) is 0 Å². The predicted octanol–water partition coefficient (Wildman–Crippen LogP) is 2.34. The summed E-state index contributed by atoms with van der Waals surface area (Å²) >= 11 is 0. The molecule has 0 aliphatic heterocycles. The Bertz CT molecular complexity index is 734. The molecule has 0 heterocycles. The standard InChI is InChI=1S/C18H28N2O5S/c1-13(2)12-20(11-10-16(21)22)17(23)14-6-8-15(9-7-14)26(24,25)19-18(3,4)5/h6-9,13,19H,10-12H2,1-5H3,(H,21,22). The number of carbonyl (C=O) groups is 2. The molecule has 7 nitrogen and oxygen atoms in total. The van der Waals surface area contributed by atoms with Gasteiger partial charge in [-0.15, -0.1) is 0 Å². The third kappa shape index (κ3) is 7.13. The van der Waals surface area contributed by atoms with Gasteiger partial charge in [-0.2, -0.15) is 0 Å². The molecule has 0 saturated carbocycles. The van der Waals surface area contributed by atoms with E-state index in [2.05, 4.69) is 4.72 Å². The van der Waals surface area contributed by atoms with Crippen molar-refractivity contribution >= 4 is 21.9 Å². The van der Waals surface area contributed by atoms with Crippen LogP contribution in [0.2, 0.25) is 0 Å². The lowest BCUT2D eigenvalue weighted by molar-refractivity contribution is -0.137. The van der Waals surface area contributed by atoms with Crippen molar-refractivity contribution in [2.75, 3.05) is 13.1 Å². The number of hydrogen-bond donors (Lipinski definition) is 2. The molecule has 26 heavy (non-hydrogen) atoms. The Morgan fingerprint density at radius 1 is 1.15 bits per heavy atom. The summed E-state index contributed by atoms with van der Waals surface area (Å²) in [6.45, 7) is 9.65. The Kier molecular flexibility index (Phi) is 7.35. The van der Waals surface area contributed by atoms with Crippen LogP contribution in [-0.4, -0.2) is 48.9 Å². The van der Waals surface area contributed by atoms with Gasteiger partial charge in [0.25, 0.3) is 5.91 Å². The molecule has 0 spiro atoms. The molecule has 0 aliphatic carbocycles. The zero-order valence-corrected chi connectivity index (χ0v) is 16.8. The van der Waals surface area contributed by atoms with Gasteiger partial charge in [0, 0.05) is 24.2 Å². The summed E-state index contributed by atoms with van der Waals surface area (Å²) in [5.41, 5.74) is -0.288. The first-order valence-electron chi connectivity index (χ1n) is 8.47. The van der Waals surface area contributed by atoms with Gasteiger partial charge in [-0.05, 0) is 51.0 Å². The second-order valence-corrected chi connectivity index (χ2v) is 9.35. The lowest BCUT2D eigenvalue weighted by Gasteiger charge is -2.24. The molecule has 1 amide bonds. The Morgan fingerprint density at radius 2 is 1.69 bits per heavy atom. The number of carboxylic acid groups (broad SMARTS) is 1. The van der Waals surface area contributed by atoms with Gasteiger partial charge in [0.05, 0.1) is 11.3 Å². The average molecular weight is 384 g/mol. The van der Waals surface area contributed by atoms with Crippen LogP contribution >= 0.6 is 0 Å². The molecule has 0 aliphatic rings. The molecule has 1 rings (SSSR count). The first-order chi connectivity index (χ1) is 11.8. The number of carboxylic acids is 1. The maximum absolute atomic E-state index is 12.7. The number of carbonyl (C=O) groups excluding carboxylic acids is 1. The van der Waals surface area contributed by atoms with Crippen LogP contribution in [0.5, 0.6) is 0 Å². The van der Waals surface area contributed by atoms with Gasteiger partial charge in [0.1, 0.15) is 0 Å². The summed E-state index contributed by atoms with van der Waals surface area (Å²) in [6, 6.07) is 5.67. The summed E-state index contributed by atoms with van der Waals surface area (Å²) in [5.74, 6) is -1.10. The Balaban J connectivity index is 3.00. The molecular formula is C18H28N2O5S. The highest BCUT2D eigenvalue weighted by Gasteiger charge is 2.23. The third-order valence-electron chi connectivity index (χ3n) is 3.32. The number of hydrogen-bond acceptors (Lipinski definition) is 4. The fraction of sp³-hybridized carbons (Fsp3) is 0.556. The van der Waals surface area contributed by atoms with E-state index in [4.69, 9.17) is 5.11 Å². The second-order valence-electron chi connectivity index (χ2n) is 7.67. The van der Waals surface area contributed by atoms with E-state index in [0.29, 0.717) is 12.1 Å². The van der Waals surface area contributed by atoms with Crippen molar-refractivity contribution in [1.82, 2.24) is 9.62 Å². The van der Waals surface area contributed by atoms with E-state index in [1.165, 1.54) is 29.2 Å². The highest BCUT2D eigenvalue weighted by atomic mass is 32.2. The Hall–Kier alpha value is -1.93. The molecular weight excluding hydrogens is 356 g/mol. The lowest BCUT2D eigenvalue weighted by Crippen LogP contribution is -2.40. The topological polar surface area (TPSA) is 104 Å².